The topological polar surface area (TPSA) is 8.81 Å². The Bertz CT molecular complexity index is 741. The number of aryl methyl sites for hydroxylation is 2. The number of benzene rings is 1. The second kappa shape index (κ2) is 5.96. The summed E-state index contributed by atoms with van der Waals surface area (Å²) in [5.74, 6) is -21.1. The number of hydrogen-bond acceptors (Lipinski definition) is 0. The third-order valence-corrected chi connectivity index (χ3v) is 3.67. The van der Waals surface area contributed by atoms with Crippen LogP contribution in [0.1, 0.15) is 5.82 Å². The van der Waals surface area contributed by atoms with E-state index in [9.17, 15) is 39.5 Å². The molecule has 0 N–H and O–H groups in total. The van der Waals surface area contributed by atoms with E-state index in [1.807, 2.05) is 0 Å². The monoisotopic (exact) mass is 400 g/mol. The fourth-order valence-corrected chi connectivity index (χ4v) is 2.42. The third-order valence-electron chi connectivity index (χ3n) is 3.67. The molecule has 142 valence electrons. The van der Waals surface area contributed by atoms with Gasteiger partial charge in [0.05, 0.1) is 14.1 Å². The highest BCUT2D eigenvalue weighted by Crippen LogP contribution is 2.56. The predicted molar refractivity (Wildman–Crippen MR) is 63.9 cm³/mol. The number of halogens is 10. The first-order chi connectivity index (χ1) is 10.7. The minimum Gasteiger partial charge on any atom is -1.00 e. The maximum atomic E-state index is 14.1. The molecule has 1 aromatic carbocycles. The van der Waals surface area contributed by atoms with Crippen molar-refractivity contribution >= 4 is 11.0 Å². The van der Waals surface area contributed by atoms with Crippen LogP contribution in [0.3, 0.4) is 0 Å². The molecule has 2 nitrogen and oxygen atoms in total. The van der Waals surface area contributed by atoms with Crippen LogP contribution in [-0.4, -0.2) is 22.6 Å². The molecular weight excluding hydrogens is 391 g/mol. The molecule has 1 heterocycles. The van der Waals surface area contributed by atoms with Crippen LogP contribution in [0.5, 0.6) is 0 Å². The van der Waals surface area contributed by atoms with Gasteiger partial charge in [-0.2, -0.15) is 39.5 Å². The first-order valence-corrected chi connectivity index (χ1v) is 6.32. The summed E-state index contributed by atoms with van der Waals surface area (Å²) in [7, 11) is 1.74. The van der Waals surface area contributed by atoms with Crippen LogP contribution in [0.4, 0.5) is 39.5 Å². The zero-order chi connectivity index (χ0) is 18.7. The maximum absolute atomic E-state index is 14.1. The Morgan fingerprint density at radius 1 is 0.840 bits per heavy atom. The molecule has 0 bridgehead atoms. The minimum absolute atomic E-state index is 0. The van der Waals surface area contributed by atoms with Gasteiger partial charge in [0.2, 0.25) is 0 Å². The van der Waals surface area contributed by atoms with Crippen LogP contribution in [-0.2, 0) is 20.0 Å². The van der Waals surface area contributed by atoms with E-state index in [1.54, 1.807) is 0 Å². The van der Waals surface area contributed by atoms with Crippen molar-refractivity contribution in [1.82, 2.24) is 4.57 Å². The Morgan fingerprint density at radius 3 is 1.76 bits per heavy atom. The van der Waals surface area contributed by atoms with E-state index in [0.29, 0.717) is 9.13 Å². The van der Waals surface area contributed by atoms with Crippen LogP contribution in [0.25, 0.3) is 11.0 Å². The van der Waals surface area contributed by atoms with E-state index in [2.05, 4.69) is 0 Å². The Morgan fingerprint density at radius 2 is 1.32 bits per heavy atom. The largest absolute Gasteiger partial charge is 1.00 e. The zero-order valence-electron chi connectivity index (χ0n) is 12.5. The fourth-order valence-electron chi connectivity index (χ4n) is 2.42. The van der Waals surface area contributed by atoms with Gasteiger partial charge in [-0.15, -0.1) is 0 Å². The highest BCUT2D eigenvalue weighted by atomic mass is 35.5. The Hall–Kier alpha value is -1.65. The first kappa shape index (κ1) is 21.4. The van der Waals surface area contributed by atoms with Gasteiger partial charge in [0.15, 0.2) is 11.0 Å². The number of nitrogens with zero attached hydrogens (tertiary/aromatic N) is 2. The van der Waals surface area contributed by atoms with Gasteiger partial charge in [0.1, 0.15) is 0 Å². The van der Waals surface area contributed by atoms with Crippen LogP contribution in [0.2, 0.25) is 0 Å². The fraction of sp³-hybridized carbons (Fsp3) is 0.462. The van der Waals surface area contributed by atoms with Crippen molar-refractivity contribution in [1.29, 1.82) is 0 Å². The molecule has 0 radical (unpaired) electrons. The maximum Gasteiger partial charge on any atom is 0.460 e. The van der Waals surface area contributed by atoms with Crippen molar-refractivity contribution in [2.45, 2.75) is 23.9 Å². The molecule has 0 amide bonds. The van der Waals surface area contributed by atoms with Crippen molar-refractivity contribution in [3.05, 3.63) is 30.1 Å². The van der Waals surface area contributed by atoms with Crippen molar-refractivity contribution in [2.24, 2.45) is 14.1 Å². The third kappa shape index (κ3) is 2.72. The number of para-hydroxylation sites is 2. The summed E-state index contributed by atoms with van der Waals surface area (Å²) in [5, 5.41) is 0. The van der Waals surface area contributed by atoms with E-state index in [-0.39, 0.29) is 23.4 Å². The summed E-state index contributed by atoms with van der Waals surface area (Å²) in [6.07, 6.45) is -6.84. The summed E-state index contributed by atoms with van der Waals surface area (Å²) in [5.41, 5.74) is -0.0819. The summed E-state index contributed by atoms with van der Waals surface area (Å²) >= 11 is 0. The lowest BCUT2D eigenvalue weighted by molar-refractivity contribution is -0.668. The molecule has 0 atom stereocenters. The Labute approximate surface area is 141 Å². The van der Waals surface area contributed by atoms with Crippen molar-refractivity contribution in [3.63, 3.8) is 0 Å². The second-order valence-corrected chi connectivity index (χ2v) is 5.15. The van der Waals surface area contributed by atoms with Crippen LogP contribution in [0, 0.1) is 0 Å². The van der Waals surface area contributed by atoms with Gasteiger partial charge < -0.3 is 12.4 Å². The number of imidazole rings is 1. The molecule has 0 fully saturated rings. The van der Waals surface area contributed by atoms with Crippen LogP contribution in [0.15, 0.2) is 24.3 Å². The standard InChI is InChI=1S/C13H10F9N2.ClH/c1-23-7-5-3-4-6-8(7)24(2)9(23)10(14,15)11(16,17)12(18,19)13(20,21)22;/h3-6H,1-2H3;1H/q+1;/p-1. The number of aromatic nitrogens is 2. The molecular formula is C13H10ClF9N2. The van der Waals surface area contributed by atoms with E-state index in [4.69, 9.17) is 0 Å². The lowest BCUT2D eigenvalue weighted by atomic mass is 10.0. The SMILES string of the molecule is Cn1c(C(F)(F)C(F)(F)C(F)(F)C(F)(F)F)[n+](C)c2ccccc21.[Cl-]. The molecule has 2 rings (SSSR count). The zero-order valence-corrected chi connectivity index (χ0v) is 13.2. The molecule has 0 saturated carbocycles. The lowest BCUT2D eigenvalue weighted by Gasteiger charge is -2.31. The molecule has 0 aliphatic heterocycles. The van der Waals surface area contributed by atoms with Crippen LogP contribution < -0.4 is 17.0 Å². The molecule has 12 heteroatoms. The van der Waals surface area contributed by atoms with E-state index in [1.165, 1.54) is 24.3 Å². The summed E-state index contributed by atoms with van der Waals surface area (Å²) in [4.78, 5) is 0. The van der Waals surface area contributed by atoms with Gasteiger partial charge in [0, 0.05) is 0 Å². The highest BCUT2D eigenvalue weighted by Gasteiger charge is 2.84. The Kier molecular flexibility index (Phi) is 5.10. The summed E-state index contributed by atoms with van der Waals surface area (Å²) in [6, 6.07) is 5.20. The van der Waals surface area contributed by atoms with Gasteiger partial charge in [-0.3, -0.25) is 0 Å². The number of hydrogen-bond donors (Lipinski definition) is 0. The smallest absolute Gasteiger partial charge is 0.460 e. The molecule has 0 aliphatic carbocycles. The van der Waals surface area contributed by atoms with E-state index >= 15 is 0 Å². The van der Waals surface area contributed by atoms with Crippen LogP contribution >= 0.6 is 0 Å². The normalized spacial score (nSPS) is 13.9. The molecule has 0 unspecified atom stereocenters. The summed E-state index contributed by atoms with van der Waals surface area (Å²) in [6.45, 7) is 0. The van der Waals surface area contributed by atoms with E-state index < -0.39 is 29.8 Å². The van der Waals surface area contributed by atoms with Gasteiger partial charge in [-0.05, 0) is 12.1 Å². The molecule has 0 saturated heterocycles. The average molecular weight is 401 g/mol. The molecule has 2 aromatic rings. The lowest BCUT2D eigenvalue weighted by Crippen LogP contribution is -3.00. The number of fused-ring (bicyclic) bond motifs is 1. The van der Waals surface area contributed by atoms with Gasteiger partial charge in [-0.25, -0.2) is 9.13 Å². The molecule has 25 heavy (non-hydrogen) atoms. The predicted octanol–water partition coefficient (Wildman–Crippen LogP) is 0.931. The average Bonchev–Trinajstić information content (AvgIpc) is 2.70. The van der Waals surface area contributed by atoms with Crippen molar-refractivity contribution < 1.29 is 56.5 Å². The molecule has 1 aromatic heterocycles. The number of rotatable bonds is 3. The minimum atomic E-state index is -6.92. The summed E-state index contributed by atoms with van der Waals surface area (Å²) < 4.78 is 119. The molecule has 0 spiro atoms. The van der Waals surface area contributed by atoms with Gasteiger partial charge in [0.25, 0.3) is 0 Å². The quantitative estimate of drug-likeness (QED) is 0.535. The first-order valence-electron chi connectivity index (χ1n) is 6.32. The Balaban J connectivity index is 0.00000312. The highest BCUT2D eigenvalue weighted by molar-refractivity contribution is 5.72. The number of alkyl halides is 9. The van der Waals surface area contributed by atoms with E-state index in [0.717, 1.165) is 14.1 Å². The van der Waals surface area contributed by atoms with Gasteiger partial charge in [-0.1, -0.05) is 12.1 Å². The van der Waals surface area contributed by atoms with Crippen molar-refractivity contribution in [2.75, 3.05) is 0 Å². The van der Waals surface area contributed by atoms with Crippen molar-refractivity contribution in [3.8, 4) is 0 Å². The second-order valence-electron chi connectivity index (χ2n) is 5.15. The van der Waals surface area contributed by atoms with Gasteiger partial charge >= 0.3 is 29.8 Å². The molecule has 0 aliphatic rings.